The number of nitrogens with zero attached hydrogens (tertiary/aromatic N) is 3. The van der Waals surface area contributed by atoms with Gasteiger partial charge in [0.25, 0.3) is 0 Å². The second-order valence-electron chi connectivity index (χ2n) is 8.05. The molecule has 3 heterocycles. The molecule has 2 fully saturated rings. The SMILES string of the molecule is CN(c1ccc(-c2cc3ccc(O)cc3cc2O)nn1)[C@H]1C[C@H]2CC[C@@H](C1)N2. The Bertz CT molecular complexity index is 1010. The van der Waals surface area contributed by atoms with Crippen LogP contribution in [0.25, 0.3) is 22.0 Å². The molecule has 2 aromatic carbocycles. The molecule has 2 aliphatic rings. The normalized spacial score (nSPS) is 23.8. The second-order valence-corrected chi connectivity index (χ2v) is 8.05. The van der Waals surface area contributed by atoms with Gasteiger partial charge in [-0.3, -0.25) is 0 Å². The molecule has 0 unspecified atom stereocenters. The first-order valence-electron chi connectivity index (χ1n) is 9.85. The first-order valence-corrected chi connectivity index (χ1v) is 9.85. The van der Waals surface area contributed by atoms with Crippen molar-refractivity contribution in [2.75, 3.05) is 11.9 Å². The summed E-state index contributed by atoms with van der Waals surface area (Å²) < 4.78 is 0. The maximum Gasteiger partial charge on any atom is 0.151 e. The van der Waals surface area contributed by atoms with Gasteiger partial charge in [-0.2, -0.15) is 0 Å². The molecule has 0 aliphatic carbocycles. The van der Waals surface area contributed by atoms with Crippen LogP contribution in [0.4, 0.5) is 5.82 Å². The second kappa shape index (κ2) is 6.63. The highest BCUT2D eigenvalue weighted by Gasteiger charge is 2.35. The molecule has 1 aromatic heterocycles. The number of fused-ring (bicyclic) bond motifs is 3. The van der Waals surface area contributed by atoms with E-state index in [0.717, 1.165) is 29.4 Å². The lowest BCUT2D eigenvalue weighted by molar-refractivity contribution is 0.353. The van der Waals surface area contributed by atoms with E-state index in [9.17, 15) is 10.2 Å². The van der Waals surface area contributed by atoms with E-state index in [2.05, 4.69) is 27.5 Å². The number of nitrogens with one attached hydrogen (secondary N) is 1. The van der Waals surface area contributed by atoms with Crippen LogP contribution in [0, 0.1) is 0 Å². The van der Waals surface area contributed by atoms with E-state index >= 15 is 0 Å². The van der Waals surface area contributed by atoms with Gasteiger partial charge in [0, 0.05) is 30.7 Å². The number of hydrogen-bond donors (Lipinski definition) is 3. The Hall–Kier alpha value is -2.86. The molecular formula is C22H24N4O2. The van der Waals surface area contributed by atoms with Gasteiger partial charge in [-0.15, -0.1) is 10.2 Å². The molecule has 2 aliphatic heterocycles. The predicted molar refractivity (Wildman–Crippen MR) is 110 cm³/mol. The highest BCUT2D eigenvalue weighted by molar-refractivity contribution is 5.90. The van der Waals surface area contributed by atoms with Crippen molar-refractivity contribution in [2.45, 2.75) is 43.8 Å². The minimum atomic E-state index is 0.128. The summed E-state index contributed by atoms with van der Waals surface area (Å²) >= 11 is 0. The van der Waals surface area contributed by atoms with Gasteiger partial charge < -0.3 is 20.4 Å². The van der Waals surface area contributed by atoms with Crippen LogP contribution >= 0.6 is 0 Å². The molecule has 3 N–H and O–H groups in total. The molecule has 2 bridgehead atoms. The molecule has 0 radical (unpaired) electrons. The van der Waals surface area contributed by atoms with Crippen molar-refractivity contribution < 1.29 is 10.2 Å². The average molecular weight is 376 g/mol. The summed E-state index contributed by atoms with van der Waals surface area (Å²) in [6, 6.07) is 14.3. The Morgan fingerprint density at radius 3 is 2.43 bits per heavy atom. The molecule has 3 atom stereocenters. The number of aromatic hydroxyl groups is 2. The number of piperidine rings is 1. The van der Waals surface area contributed by atoms with Crippen LogP contribution in [0.2, 0.25) is 0 Å². The van der Waals surface area contributed by atoms with Crippen molar-refractivity contribution in [3.05, 3.63) is 42.5 Å². The molecule has 5 rings (SSSR count). The van der Waals surface area contributed by atoms with E-state index in [1.165, 1.54) is 12.8 Å². The van der Waals surface area contributed by atoms with Gasteiger partial charge in [-0.25, -0.2) is 0 Å². The lowest BCUT2D eigenvalue weighted by Crippen LogP contribution is -2.47. The zero-order valence-electron chi connectivity index (χ0n) is 15.8. The van der Waals surface area contributed by atoms with Crippen LogP contribution in [-0.2, 0) is 0 Å². The molecule has 144 valence electrons. The molecular weight excluding hydrogens is 352 g/mol. The number of aromatic nitrogens is 2. The lowest BCUT2D eigenvalue weighted by atomic mass is 9.98. The van der Waals surface area contributed by atoms with E-state index in [-0.39, 0.29) is 11.5 Å². The van der Waals surface area contributed by atoms with Crippen molar-refractivity contribution in [2.24, 2.45) is 0 Å². The molecule has 2 saturated heterocycles. The van der Waals surface area contributed by atoms with E-state index in [4.69, 9.17) is 0 Å². The smallest absolute Gasteiger partial charge is 0.151 e. The number of phenols is 2. The van der Waals surface area contributed by atoms with Crippen molar-refractivity contribution in [1.29, 1.82) is 0 Å². The summed E-state index contributed by atoms with van der Waals surface area (Å²) in [6.07, 6.45) is 4.85. The predicted octanol–water partition coefficient (Wildman–Crippen LogP) is 3.43. The molecule has 0 spiro atoms. The van der Waals surface area contributed by atoms with Gasteiger partial charge in [0.1, 0.15) is 11.5 Å². The average Bonchev–Trinajstić information content (AvgIpc) is 3.04. The fourth-order valence-electron chi connectivity index (χ4n) is 4.67. The number of hydrogen-bond acceptors (Lipinski definition) is 6. The first-order chi connectivity index (χ1) is 13.6. The maximum atomic E-state index is 10.4. The number of anilines is 1. The van der Waals surface area contributed by atoms with Crippen molar-refractivity contribution in [1.82, 2.24) is 15.5 Å². The Labute approximate surface area is 163 Å². The van der Waals surface area contributed by atoms with Crippen LogP contribution in [0.1, 0.15) is 25.7 Å². The van der Waals surface area contributed by atoms with E-state index in [0.29, 0.717) is 29.4 Å². The number of benzene rings is 2. The summed E-state index contributed by atoms with van der Waals surface area (Å²) in [5.41, 5.74) is 1.27. The van der Waals surface area contributed by atoms with Gasteiger partial charge in [0.15, 0.2) is 5.82 Å². The van der Waals surface area contributed by atoms with Gasteiger partial charge in [-0.05, 0) is 72.9 Å². The fraction of sp³-hybridized carbons (Fsp3) is 0.364. The third-order valence-corrected chi connectivity index (χ3v) is 6.22. The summed E-state index contributed by atoms with van der Waals surface area (Å²) in [4.78, 5) is 2.24. The summed E-state index contributed by atoms with van der Waals surface area (Å²) in [7, 11) is 2.10. The third kappa shape index (κ3) is 3.03. The van der Waals surface area contributed by atoms with Crippen LogP contribution in [0.3, 0.4) is 0 Å². The molecule has 0 saturated carbocycles. The van der Waals surface area contributed by atoms with Crippen molar-refractivity contribution in [3.8, 4) is 22.8 Å². The van der Waals surface area contributed by atoms with E-state index in [1.54, 1.807) is 18.2 Å². The van der Waals surface area contributed by atoms with Gasteiger partial charge >= 0.3 is 0 Å². The van der Waals surface area contributed by atoms with Crippen molar-refractivity contribution in [3.63, 3.8) is 0 Å². The minimum absolute atomic E-state index is 0.128. The van der Waals surface area contributed by atoms with Gasteiger partial charge in [0.05, 0.1) is 5.69 Å². The summed E-state index contributed by atoms with van der Waals surface area (Å²) in [6.45, 7) is 0. The third-order valence-electron chi connectivity index (χ3n) is 6.22. The maximum absolute atomic E-state index is 10.4. The van der Waals surface area contributed by atoms with Gasteiger partial charge in [0.2, 0.25) is 0 Å². The van der Waals surface area contributed by atoms with E-state index in [1.807, 2.05) is 24.3 Å². The van der Waals surface area contributed by atoms with Crippen LogP contribution < -0.4 is 10.2 Å². The Morgan fingerprint density at radius 1 is 0.929 bits per heavy atom. The largest absolute Gasteiger partial charge is 0.508 e. The standard InChI is InChI=1S/C22H24N4O2/c1-26(17-11-15-3-4-16(12-17)23-15)22-7-6-20(24-25-22)19-9-13-2-5-18(27)8-14(13)10-21(19)28/h2,5-10,15-17,23,27-28H,3-4,11-12H2,1H3/t15-,16+,17+. The van der Waals surface area contributed by atoms with E-state index < -0.39 is 0 Å². The Morgan fingerprint density at radius 2 is 1.71 bits per heavy atom. The van der Waals surface area contributed by atoms with Crippen LogP contribution in [0.15, 0.2) is 42.5 Å². The Kier molecular flexibility index (Phi) is 4.09. The fourth-order valence-corrected chi connectivity index (χ4v) is 4.67. The summed E-state index contributed by atoms with van der Waals surface area (Å²) in [5, 5.41) is 34.3. The molecule has 28 heavy (non-hydrogen) atoms. The summed E-state index contributed by atoms with van der Waals surface area (Å²) in [5.74, 6) is 1.17. The molecule has 6 nitrogen and oxygen atoms in total. The van der Waals surface area contributed by atoms with Gasteiger partial charge in [-0.1, -0.05) is 6.07 Å². The topological polar surface area (TPSA) is 81.5 Å². The molecule has 6 heteroatoms. The minimum Gasteiger partial charge on any atom is -0.508 e. The number of rotatable bonds is 3. The van der Waals surface area contributed by atoms with Crippen molar-refractivity contribution >= 4 is 16.6 Å². The zero-order chi connectivity index (χ0) is 19.3. The highest BCUT2D eigenvalue weighted by atomic mass is 16.3. The Balaban J connectivity index is 1.41. The quantitative estimate of drug-likeness (QED) is 0.650. The first kappa shape index (κ1) is 17.3. The lowest BCUT2D eigenvalue weighted by Gasteiger charge is -2.36. The molecule has 0 amide bonds. The van der Waals surface area contributed by atoms with Crippen LogP contribution in [-0.4, -0.2) is 45.6 Å². The monoisotopic (exact) mass is 376 g/mol. The van der Waals surface area contributed by atoms with Crippen LogP contribution in [0.5, 0.6) is 11.5 Å². The molecule has 3 aromatic rings. The number of phenolic OH excluding ortho intramolecular Hbond substituents is 2. The highest BCUT2D eigenvalue weighted by Crippen LogP contribution is 2.34. The zero-order valence-corrected chi connectivity index (χ0v) is 15.8.